The summed E-state index contributed by atoms with van der Waals surface area (Å²) in [5, 5.41) is 4.93. The number of methoxy groups -OCH3 is 1. The topological polar surface area (TPSA) is 82.0 Å². The lowest BCUT2D eigenvalue weighted by Crippen LogP contribution is -2.24. The Morgan fingerprint density at radius 1 is 1.23 bits per heavy atom. The number of benzene rings is 2. The van der Waals surface area contributed by atoms with E-state index in [9.17, 15) is 4.79 Å². The molecular weight excluding hydrogens is 450 g/mol. The van der Waals surface area contributed by atoms with Gasteiger partial charge in [0.15, 0.2) is 18.1 Å². The highest BCUT2D eigenvalue weighted by molar-refractivity contribution is 9.10. The number of nitrogens with zero attached hydrogens (tertiary/aromatic N) is 2. The van der Waals surface area contributed by atoms with Crippen molar-refractivity contribution in [1.29, 1.82) is 0 Å². The van der Waals surface area contributed by atoms with Gasteiger partial charge in [-0.15, -0.1) is 0 Å². The fourth-order valence-electron chi connectivity index (χ4n) is 2.71. The highest BCUT2D eigenvalue weighted by Crippen LogP contribution is 2.37. The first-order valence-electron chi connectivity index (χ1n) is 9.30. The van der Waals surface area contributed by atoms with E-state index in [1.54, 1.807) is 25.4 Å². The van der Waals surface area contributed by atoms with Gasteiger partial charge in [0.25, 0.3) is 5.91 Å². The van der Waals surface area contributed by atoms with Gasteiger partial charge in [-0.3, -0.25) is 9.78 Å². The molecule has 0 spiro atoms. The molecule has 2 aromatic carbocycles. The maximum atomic E-state index is 12.1. The second kappa shape index (κ2) is 10.1. The summed E-state index contributed by atoms with van der Waals surface area (Å²) in [6.07, 6.45) is 3.21. The zero-order chi connectivity index (χ0) is 21.5. The van der Waals surface area contributed by atoms with Crippen molar-refractivity contribution >= 4 is 39.0 Å². The molecule has 0 aliphatic rings. The van der Waals surface area contributed by atoms with Crippen molar-refractivity contribution in [2.75, 3.05) is 13.7 Å². The van der Waals surface area contributed by atoms with Gasteiger partial charge >= 0.3 is 0 Å². The SMILES string of the molecule is COc1cc(/C=N/NC(=O)COc2cccc3cccnc23)cc(Br)c1OC(C)C. The van der Waals surface area contributed by atoms with Crippen LogP contribution in [0.5, 0.6) is 17.2 Å². The van der Waals surface area contributed by atoms with Crippen LogP contribution in [0.4, 0.5) is 0 Å². The Morgan fingerprint density at radius 2 is 2.03 bits per heavy atom. The highest BCUT2D eigenvalue weighted by Gasteiger charge is 2.12. The number of aromatic nitrogens is 1. The lowest BCUT2D eigenvalue weighted by molar-refractivity contribution is -0.123. The first-order chi connectivity index (χ1) is 14.5. The summed E-state index contributed by atoms with van der Waals surface area (Å²) in [7, 11) is 1.57. The molecule has 30 heavy (non-hydrogen) atoms. The van der Waals surface area contributed by atoms with Gasteiger partial charge in [0.2, 0.25) is 0 Å². The Hall–Kier alpha value is -3.13. The normalized spacial score (nSPS) is 11.1. The molecule has 3 rings (SSSR count). The van der Waals surface area contributed by atoms with Crippen LogP contribution in [-0.2, 0) is 4.79 Å². The van der Waals surface area contributed by atoms with E-state index in [2.05, 4.69) is 31.4 Å². The fraction of sp³-hybridized carbons (Fsp3) is 0.227. The third-order valence-electron chi connectivity index (χ3n) is 3.96. The zero-order valence-corrected chi connectivity index (χ0v) is 18.5. The molecule has 0 unspecified atom stereocenters. The third kappa shape index (κ3) is 5.48. The number of fused-ring (bicyclic) bond motifs is 1. The molecule has 0 aliphatic carbocycles. The van der Waals surface area contributed by atoms with Crippen LogP contribution >= 0.6 is 15.9 Å². The number of carbonyl (C=O) groups is 1. The number of para-hydroxylation sites is 1. The molecule has 3 aromatic rings. The number of halogens is 1. The van der Waals surface area contributed by atoms with Crippen LogP contribution in [-0.4, -0.2) is 36.9 Å². The van der Waals surface area contributed by atoms with E-state index in [4.69, 9.17) is 14.2 Å². The minimum atomic E-state index is -0.384. The molecule has 1 N–H and O–H groups in total. The van der Waals surface area contributed by atoms with Crippen LogP contribution in [0.3, 0.4) is 0 Å². The average molecular weight is 472 g/mol. The third-order valence-corrected chi connectivity index (χ3v) is 4.55. The van der Waals surface area contributed by atoms with Gasteiger partial charge in [-0.1, -0.05) is 18.2 Å². The summed E-state index contributed by atoms with van der Waals surface area (Å²) in [4.78, 5) is 16.4. The molecule has 1 aromatic heterocycles. The van der Waals surface area contributed by atoms with Crippen LogP contribution in [0.2, 0.25) is 0 Å². The van der Waals surface area contributed by atoms with Gasteiger partial charge < -0.3 is 14.2 Å². The number of hydrogen-bond acceptors (Lipinski definition) is 6. The summed E-state index contributed by atoms with van der Waals surface area (Å²) < 4.78 is 17.5. The maximum absolute atomic E-state index is 12.1. The molecule has 1 amide bonds. The second-order valence-electron chi connectivity index (χ2n) is 6.61. The molecule has 156 valence electrons. The first-order valence-corrected chi connectivity index (χ1v) is 10.1. The number of hydrazone groups is 1. The minimum absolute atomic E-state index is 0.00550. The maximum Gasteiger partial charge on any atom is 0.277 e. The molecule has 0 aliphatic heterocycles. The van der Waals surface area contributed by atoms with Crippen molar-refractivity contribution in [3.8, 4) is 17.2 Å². The Labute approximate surface area is 183 Å². The molecule has 0 bridgehead atoms. The van der Waals surface area contributed by atoms with Crippen LogP contribution in [0.15, 0.2) is 58.2 Å². The molecule has 1 heterocycles. The molecular formula is C22H22BrN3O4. The lowest BCUT2D eigenvalue weighted by Gasteiger charge is -2.15. The summed E-state index contributed by atoms with van der Waals surface area (Å²) in [5.41, 5.74) is 3.89. The molecule has 0 saturated carbocycles. The van der Waals surface area contributed by atoms with Gasteiger partial charge in [0.05, 0.1) is 23.9 Å². The zero-order valence-electron chi connectivity index (χ0n) is 16.9. The van der Waals surface area contributed by atoms with E-state index in [0.29, 0.717) is 22.8 Å². The summed E-state index contributed by atoms with van der Waals surface area (Å²) in [6, 6.07) is 12.9. The predicted octanol–water partition coefficient (Wildman–Crippen LogP) is 4.32. The van der Waals surface area contributed by atoms with Gasteiger partial charge in [-0.05, 0) is 59.6 Å². The van der Waals surface area contributed by atoms with Crippen molar-refractivity contribution in [2.45, 2.75) is 20.0 Å². The van der Waals surface area contributed by atoms with E-state index in [0.717, 1.165) is 15.4 Å². The van der Waals surface area contributed by atoms with E-state index in [-0.39, 0.29) is 18.6 Å². The summed E-state index contributed by atoms with van der Waals surface area (Å²) >= 11 is 3.48. The Bertz CT molecular complexity index is 1060. The standard InChI is InChI=1S/C22H22BrN3O4/c1-14(2)30-22-17(23)10-15(11-19(22)28-3)12-25-26-20(27)13-29-18-8-4-6-16-7-5-9-24-21(16)18/h4-12,14H,13H2,1-3H3,(H,26,27)/b25-12+. The first kappa shape index (κ1) is 21.6. The molecule has 0 atom stereocenters. The predicted molar refractivity (Wildman–Crippen MR) is 119 cm³/mol. The van der Waals surface area contributed by atoms with Crippen LogP contribution in [0.1, 0.15) is 19.4 Å². The van der Waals surface area contributed by atoms with E-state index >= 15 is 0 Å². The smallest absolute Gasteiger partial charge is 0.277 e. The molecule has 0 radical (unpaired) electrons. The highest BCUT2D eigenvalue weighted by atomic mass is 79.9. The van der Waals surface area contributed by atoms with Crippen LogP contribution < -0.4 is 19.6 Å². The number of hydrogen-bond donors (Lipinski definition) is 1. The van der Waals surface area contributed by atoms with Gasteiger partial charge in [0.1, 0.15) is 11.3 Å². The largest absolute Gasteiger partial charge is 0.493 e. The van der Waals surface area contributed by atoms with E-state index < -0.39 is 0 Å². The van der Waals surface area contributed by atoms with Crippen molar-refractivity contribution in [1.82, 2.24) is 10.4 Å². The minimum Gasteiger partial charge on any atom is -0.493 e. The number of rotatable bonds is 8. The quantitative estimate of drug-likeness (QED) is 0.390. The Balaban J connectivity index is 1.61. The van der Waals surface area contributed by atoms with E-state index in [1.165, 1.54) is 6.21 Å². The molecule has 7 nitrogen and oxygen atoms in total. The monoisotopic (exact) mass is 471 g/mol. The lowest BCUT2D eigenvalue weighted by atomic mass is 10.2. The van der Waals surface area contributed by atoms with Crippen LogP contribution in [0.25, 0.3) is 10.9 Å². The van der Waals surface area contributed by atoms with Gasteiger partial charge in [-0.2, -0.15) is 5.10 Å². The van der Waals surface area contributed by atoms with Gasteiger partial charge in [-0.25, -0.2) is 5.43 Å². The number of carbonyl (C=O) groups excluding carboxylic acids is 1. The van der Waals surface area contributed by atoms with Crippen molar-refractivity contribution in [2.24, 2.45) is 5.10 Å². The van der Waals surface area contributed by atoms with Gasteiger partial charge in [0, 0.05) is 11.6 Å². The van der Waals surface area contributed by atoms with E-state index in [1.807, 2.05) is 44.2 Å². The van der Waals surface area contributed by atoms with Crippen molar-refractivity contribution < 1.29 is 19.0 Å². The molecule has 8 heteroatoms. The van der Waals surface area contributed by atoms with Crippen LogP contribution in [0, 0.1) is 0 Å². The average Bonchev–Trinajstić information content (AvgIpc) is 2.73. The molecule has 0 fully saturated rings. The molecule has 0 saturated heterocycles. The number of amides is 1. The number of pyridine rings is 1. The van der Waals surface area contributed by atoms with Crippen molar-refractivity contribution in [3.63, 3.8) is 0 Å². The second-order valence-corrected chi connectivity index (χ2v) is 7.47. The fourth-order valence-corrected chi connectivity index (χ4v) is 3.26. The summed E-state index contributed by atoms with van der Waals surface area (Å²) in [5.74, 6) is 1.34. The Kier molecular flexibility index (Phi) is 7.24. The van der Waals surface area contributed by atoms with Crippen molar-refractivity contribution in [3.05, 3.63) is 58.7 Å². The number of nitrogens with one attached hydrogen (secondary N) is 1. The summed E-state index contributed by atoms with van der Waals surface area (Å²) in [6.45, 7) is 3.70. The Morgan fingerprint density at radius 3 is 2.80 bits per heavy atom. The number of ether oxygens (including phenoxy) is 3.